The van der Waals surface area contributed by atoms with Crippen LogP contribution in [0.3, 0.4) is 0 Å². The zero-order valence-electron chi connectivity index (χ0n) is 30.2. The molecule has 0 aromatic rings. The van der Waals surface area contributed by atoms with E-state index in [1.165, 1.54) is 6.42 Å². The van der Waals surface area contributed by atoms with Crippen LogP contribution in [0.1, 0.15) is 123 Å². The Bertz CT molecular complexity index is 954. The Hall–Kier alpha value is -2.03. The normalized spacial score (nSPS) is 14.4. The van der Waals surface area contributed by atoms with Crippen LogP contribution in [0, 0.1) is 0 Å². The third kappa shape index (κ3) is 33.7. The summed E-state index contributed by atoms with van der Waals surface area (Å²) in [4.78, 5) is 37.0. The Morgan fingerprint density at radius 1 is 0.681 bits per heavy atom. The maximum absolute atomic E-state index is 12.5. The summed E-state index contributed by atoms with van der Waals surface area (Å²) in [6, 6.07) is 0. The molecule has 47 heavy (non-hydrogen) atoms. The number of unbranched alkanes of at least 4 members (excludes halogenated alkanes) is 9. The van der Waals surface area contributed by atoms with Crippen LogP contribution in [0.4, 0.5) is 0 Å². The molecule has 10 heteroatoms. The van der Waals surface area contributed by atoms with Crippen molar-refractivity contribution in [3.8, 4) is 0 Å². The molecule has 0 aromatic carbocycles. The number of phosphoric acid groups is 1. The van der Waals surface area contributed by atoms with Crippen LogP contribution in [0.5, 0.6) is 0 Å². The fourth-order valence-corrected chi connectivity index (χ4v) is 5.02. The maximum atomic E-state index is 12.5. The van der Waals surface area contributed by atoms with Crippen molar-refractivity contribution < 1.29 is 42.1 Å². The molecular weight excluding hydrogens is 617 g/mol. The summed E-state index contributed by atoms with van der Waals surface area (Å²) in [6.45, 7) is 3.97. The van der Waals surface area contributed by atoms with Crippen molar-refractivity contribution in [2.45, 2.75) is 129 Å². The summed E-state index contributed by atoms with van der Waals surface area (Å²) in [5.41, 5.74) is 0. The van der Waals surface area contributed by atoms with Gasteiger partial charge in [-0.2, -0.15) is 0 Å². The van der Waals surface area contributed by atoms with E-state index >= 15 is 0 Å². The Kier molecular flexibility index (Phi) is 28.8. The molecule has 0 amide bonds. The van der Waals surface area contributed by atoms with Crippen molar-refractivity contribution in [1.29, 1.82) is 0 Å². The van der Waals surface area contributed by atoms with Crippen molar-refractivity contribution >= 4 is 19.8 Å². The van der Waals surface area contributed by atoms with Gasteiger partial charge in [0.25, 0.3) is 7.82 Å². The van der Waals surface area contributed by atoms with Crippen molar-refractivity contribution in [1.82, 2.24) is 0 Å². The zero-order valence-corrected chi connectivity index (χ0v) is 31.1. The van der Waals surface area contributed by atoms with E-state index in [1.807, 2.05) is 21.1 Å². The lowest BCUT2D eigenvalue weighted by molar-refractivity contribution is -0.870. The molecule has 2 atom stereocenters. The minimum atomic E-state index is -4.62. The number of likely N-dealkylation sites (N-methyl/N-ethyl adjacent to an activating group) is 1. The van der Waals surface area contributed by atoms with Gasteiger partial charge in [-0.05, 0) is 51.4 Å². The molecule has 272 valence electrons. The molecular formula is C37H66NO8P. The monoisotopic (exact) mass is 683 g/mol. The zero-order chi connectivity index (χ0) is 35.1. The molecule has 0 N–H and O–H groups in total. The van der Waals surface area contributed by atoms with E-state index in [4.69, 9.17) is 18.5 Å². The first-order chi connectivity index (χ1) is 22.5. The highest BCUT2D eigenvalue weighted by molar-refractivity contribution is 7.45. The van der Waals surface area contributed by atoms with Gasteiger partial charge < -0.3 is 27.9 Å². The molecule has 9 nitrogen and oxygen atoms in total. The van der Waals surface area contributed by atoms with Crippen molar-refractivity contribution in [2.24, 2.45) is 0 Å². The molecule has 0 spiro atoms. The predicted molar refractivity (Wildman–Crippen MR) is 190 cm³/mol. The van der Waals surface area contributed by atoms with Gasteiger partial charge in [-0.15, -0.1) is 0 Å². The second-order valence-corrected chi connectivity index (χ2v) is 14.3. The van der Waals surface area contributed by atoms with Gasteiger partial charge in [0, 0.05) is 12.8 Å². The van der Waals surface area contributed by atoms with Crippen LogP contribution in [-0.2, 0) is 32.7 Å². The van der Waals surface area contributed by atoms with Gasteiger partial charge in [0.1, 0.15) is 19.8 Å². The van der Waals surface area contributed by atoms with Gasteiger partial charge in [0.15, 0.2) is 6.10 Å². The lowest BCUT2D eigenvalue weighted by Gasteiger charge is -2.28. The van der Waals surface area contributed by atoms with Crippen molar-refractivity contribution in [3.05, 3.63) is 48.6 Å². The van der Waals surface area contributed by atoms with E-state index in [1.54, 1.807) is 0 Å². The third-order valence-electron chi connectivity index (χ3n) is 7.11. The summed E-state index contributed by atoms with van der Waals surface area (Å²) in [7, 11) is 1.14. The first-order valence-corrected chi connectivity index (χ1v) is 19.3. The molecule has 0 fully saturated rings. The summed E-state index contributed by atoms with van der Waals surface area (Å²) in [5, 5.41) is 0. The predicted octanol–water partition coefficient (Wildman–Crippen LogP) is 8.55. The molecule has 0 aliphatic rings. The Morgan fingerprint density at radius 2 is 1.21 bits per heavy atom. The average Bonchev–Trinajstić information content (AvgIpc) is 3.01. The molecule has 0 aliphatic heterocycles. The quantitative estimate of drug-likeness (QED) is 0.0235. The number of hydrogen-bond acceptors (Lipinski definition) is 8. The fraction of sp³-hybridized carbons (Fsp3) is 0.730. The number of hydrogen-bond donors (Lipinski definition) is 0. The highest BCUT2D eigenvalue weighted by Crippen LogP contribution is 2.38. The van der Waals surface area contributed by atoms with Crippen LogP contribution in [0.25, 0.3) is 0 Å². The van der Waals surface area contributed by atoms with Crippen LogP contribution < -0.4 is 4.89 Å². The van der Waals surface area contributed by atoms with Gasteiger partial charge in [-0.3, -0.25) is 14.2 Å². The second-order valence-electron chi connectivity index (χ2n) is 12.9. The summed E-state index contributed by atoms with van der Waals surface area (Å²) >= 11 is 0. The SMILES string of the molecule is CC/C=C\C/C=C\C/C=C\C/C=C\CCCCCCC(=O)OC(COC(=O)CCCCCCCC)COP(=O)([O-])OCC[N+](C)(C)C. The maximum Gasteiger partial charge on any atom is 0.306 e. The summed E-state index contributed by atoms with van der Waals surface area (Å²) < 4.78 is 33.5. The summed E-state index contributed by atoms with van der Waals surface area (Å²) in [6.07, 6.45) is 31.7. The van der Waals surface area contributed by atoms with E-state index in [-0.39, 0.29) is 26.1 Å². The lowest BCUT2D eigenvalue weighted by atomic mass is 10.1. The largest absolute Gasteiger partial charge is 0.756 e. The number of ether oxygens (including phenoxy) is 2. The average molecular weight is 684 g/mol. The minimum absolute atomic E-state index is 0.0374. The van der Waals surface area contributed by atoms with Crippen LogP contribution in [-0.4, -0.2) is 70.0 Å². The number of phosphoric ester groups is 1. The van der Waals surface area contributed by atoms with Crippen molar-refractivity contribution in [2.75, 3.05) is 47.5 Å². The van der Waals surface area contributed by atoms with Gasteiger partial charge in [-0.1, -0.05) is 107 Å². The third-order valence-corrected chi connectivity index (χ3v) is 8.08. The van der Waals surface area contributed by atoms with Gasteiger partial charge in [0.2, 0.25) is 0 Å². The molecule has 0 heterocycles. The summed E-state index contributed by atoms with van der Waals surface area (Å²) in [5.74, 6) is -0.879. The first-order valence-electron chi connectivity index (χ1n) is 17.8. The molecule has 0 radical (unpaired) electrons. The smallest absolute Gasteiger partial charge is 0.306 e. The number of carbonyl (C=O) groups excluding carboxylic acids is 2. The van der Waals surface area contributed by atoms with E-state index in [9.17, 15) is 19.0 Å². The van der Waals surface area contributed by atoms with E-state index in [2.05, 4.69) is 62.5 Å². The molecule has 0 bridgehead atoms. The second kappa shape index (κ2) is 30.1. The number of allylic oxidation sites excluding steroid dienone is 8. The number of quaternary nitrogens is 1. The number of rotatable bonds is 31. The molecule has 0 saturated carbocycles. The van der Waals surface area contributed by atoms with Gasteiger partial charge in [-0.25, -0.2) is 0 Å². The fourth-order valence-electron chi connectivity index (χ4n) is 4.29. The standard InChI is InChI=1S/C37H66NO8P/c1-6-8-10-12-14-15-16-17-18-19-20-21-22-23-24-26-28-30-37(40)46-35(33-43-36(39)29-27-25-13-11-9-7-2)34-45-47(41,42)44-32-31-38(3,4)5/h8,10,14-15,17-18,20-21,35H,6-7,9,11-13,16,19,22-34H2,1-5H3/b10-8-,15-14-,18-17-,21-20-. The Balaban J connectivity index is 4.45. The van der Waals surface area contributed by atoms with Crippen LogP contribution in [0.15, 0.2) is 48.6 Å². The Labute approximate surface area is 286 Å². The number of esters is 2. The number of carbonyl (C=O) groups is 2. The van der Waals surface area contributed by atoms with Gasteiger partial charge >= 0.3 is 11.9 Å². The molecule has 0 rings (SSSR count). The van der Waals surface area contributed by atoms with Gasteiger partial charge in [0.05, 0.1) is 27.7 Å². The van der Waals surface area contributed by atoms with E-state index in [0.717, 1.165) is 83.5 Å². The van der Waals surface area contributed by atoms with Crippen LogP contribution in [0.2, 0.25) is 0 Å². The van der Waals surface area contributed by atoms with E-state index in [0.29, 0.717) is 17.4 Å². The van der Waals surface area contributed by atoms with Crippen LogP contribution >= 0.6 is 7.82 Å². The highest BCUT2D eigenvalue weighted by atomic mass is 31.2. The molecule has 0 saturated heterocycles. The topological polar surface area (TPSA) is 111 Å². The highest BCUT2D eigenvalue weighted by Gasteiger charge is 2.21. The Morgan fingerprint density at radius 3 is 1.81 bits per heavy atom. The molecule has 0 aromatic heterocycles. The lowest BCUT2D eigenvalue weighted by Crippen LogP contribution is -2.37. The minimum Gasteiger partial charge on any atom is -0.756 e. The number of nitrogens with zero attached hydrogens (tertiary/aromatic N) is 1. The molecule has 0 aliphatic carbocycles. The van der Waals surface area contributed by atoms with E-state index < -0.39 is 32.5 Å². The van der Waals surface area contributed by atoms with Crippen molar-refractivity contribution in [3.63, 3.8) is 0 Å². The molecule has 2 unspecified atom stereocenters. The first kappa shape index (κ1) is 45.0.